The summed E-state index contributed by atoms with van der Waals surface area (Å²) in [6.45, 7) is 1.23. The molecule has 0 saturated heterocycles. The molecule has 0 aromatic heterocycles. The molecule has 1 N–H and O–H groups in total. The number of carbonyl (C=O) groups excluding carboxylic acids is 2. The van der Waals surface area contributed by atoms with Crippen molar-refractivity contribution in [3.05, 3.63) is 29.8 Å². The van der Waals surface area contributed by atoms with Crippen LogP contribution in [0.1, 0.15) is 12.5 Å². The largest absolute Gasteiger partial charge is 0.480 e. The highest BCUT2D eigenvalue weighted by Gasteiger charge is 2.38. The Labute approximate surface area is 116 Å². The van der Waals surface area contributed by atoms with Gasteiger partial charge in [0.05, 0.1) is 6.54 Å². The maximum Gasteiger partial charge on any atom is 0.327 e. The van der Waals surface area contributed by atoms with Gasteiger partial charge in [0.25, 0.3) is 0 Å². The lowest BCUT2D eigenvalue weighted by Gasteiger charge is -2.25. The molecule has 1 heterocycles. The summed E-state index contributed by atoms with van der Waals surface area (Å²) in [5, 5.41) is 9.27. The van der Waals surface area contributed by atoms with Gasteiger partial charge in [-0.25, -0.2) is 4.79 Å². The Morgan fingerprint density at radius 2 is 2.00 bits per heavy atom. The standard InChI is InChI=1S/C14H16N2O4/c1-9(17)15(2)8-13(18)16-11-6-4-3-5-10(11)7-12(16)14(19)20/h3-6,12H,7-8H2,1-2H3,(H,19,20). The maximum absolute atomic E-state index is 12.3. The maximum atomic E-state index is 12.3. The van der Waals surface area contributed by atoms with E-state index >= 15 is 0 Å². The molecule has 1 aromatic carbocycles. The van der Waals surface area contributed by atoms with Gasteiger partial charge in [0, 0.05) is 26.1 Å². The van der Waals surface area contributed by atoms with Crippen molar-refractivity contribution in [1.29, 1.82) is 0 Å². The molecule has 1 atom stereocenters. The highest BCUT2D eigenvalue weighted by Crippen LogP contribution is 2.32. The summed E-state index contributed by atoms with van der Waals surface area (Å²) in [5.41, 5.74) is 1.44. The van der Waals surface area contributed by atoms with Crippen molar-refractivity contribution >= 4 is 23.5 Å². The van der Waals surface area contributed by atoms with E-state index < -0.39 is 12.0 Å². The van der Waals surface area contributed by atoms with Gasteiger partial charge in [-0.05, 0) is 11.6 Å². The molecule has 6 nitrogen and oxygen atoms in total. The van der Waals surface area contributed by atoms with Crippen LogP contribution in [-0.2, 0) is 20.8 Å². The van der Waals surface area contributed by atoms with Crippen LogP contribution in [0.4, 0.5) is 5.69 Å². The Morgan fingerprint density at radius 3 is 2.60 bits per heavy atom. The minimum Gasteiger partial charge on any atom is -0.480 e. The third-order valence-electron chi connectivity index (χ3n) is 3.44. The number of anilines is 1. The zero-order valence-corrected chi connectivity index (χ0v) is 11.4. The highest BCUT2D eigenvalue weighted by atomic mass is 16.4. The summed E-state index contributed by atoms with van der Waals surface area (Å²) in [6, 6.07) is 6.21. The van der Waals surface area contributed by atoms with Crippen LogP contribution < -0.4 is 4.90 Å². The van der Waals surface area contributed by atoms with Crippen molar-refractivity contribution in [2.45, 2.75) is 19.4 Å². The Bertz CT molecular complexity index is 570. The Morgan fingerprint density at radius 1 is 1.35 bits per heavy atom. The number of benzene rings is 1. The molecule has 0 fully saturated rings. The topological polar surface area (TPSA) is 77.9 Å². The molecule has 2 rings (SSSR count). The first-order valence-corrected chi connectivity index (χ1v) is 6.26. The molecule has 1 unspecified atom stereocenters. The molecule has 0 bridgehead atoms. The second-order valence-electron chi connectivity index (χ2n) is 4.83. The molecule has 0 radical (unpaired) electrons. The second kappa shape index (κ2) is 5.32. The zero-order chi connectivity index (χ0) is 14.9. The van der Waals surface area contributed by atoms with Gasteiger partial charge >= 0.3 is 5.97 Å². The first kappa shape index (κ1) is 14.0. The van der Waals surface area contributed by atoms with Gasteiger partial charge in [0.1, 0.15) is 6.04 Å². The van der Waals surface area contributed by atoms with Crippen LogP contribution in [-0.4, -0.2) is 47.4 Å². The Kier molecular flexibility index (Phi) is 3.74. The van der Waals surface area contributed by atoms with E-state index in [1.54, 1.807) is 12.1 Å². The van der Waals surface area contributed by atoms with E-state index in [1.807, 2.05) is 12.1 Å². The number of hydrogen-bond acceptors (Lipinski definition) is 3. The van der Waals surface area contributed by atoms with Crippen molar-refractivity contribution in [2.75, 3.05) is 18.5 Å². The molecule has 20 heavy (non-hydrogen) atoms. The van der Waals surface area contributed by atoms with Crippen LogP contribution in [0.15, 0.2) is 24.3 Å². The van der Waals surface area contributed by atoms with Gasteiger partial charge in [-0.15, -0.1) is 0 Å². The first-order valence-electron chi connectivity index (χ1n) is 6.26. The van der Waals surface area contributed by atoms with E-state index in [1.165, 1.54) is 23.8 Å². The van der Waals surface area contributed by atoms with Crippen molar-refractivity contribution in [1.82, 2.24) is 4.90 Å². The lowest BCUT2D eigenvalue weighted by molar-refractivity contribution is -0.140. The fraction of sp³-hybridized carbons (Fsp3) is 0.357. The summed E-state index contributed by atoms with van der Waals surface area (Å²) < 4.78 is 0. The minimum atomic E-state index is -1.04. The van der Waals surface area contributed by atoms with Crippen molar-refractivity contribution in [2.24, 2.45) is 0 Å². The van der Waals surface area contributed by atoms with Gasteiger partial charge in [-0.2, -0.15) is 0 Å². The number of fused-ring (bicyclic) bond motifs is 1. The molecule has 0 spiro atoms. The summed E-state index contributed by atoms with van der Waals surface area (Å²) in [4.78, 5) is 37.4. The number of para-hydroxylation sites is 1. The number of hydrogen-bond donors (Lipinski definition) is 1. The third kappa shape index (κ3) is 2.49. The molecule has 1 aliphatic rings. The average Bonchev–Trinajstić information content (AvgIpc) is 2.77. The number of amides is 2. The number of rotatable bonds is 3. The summed E-state index contributed by atoms with van der Waals surface area (Å²) in [7, 11) is 1.51. The predicted octanol–water partition coefficient (Wildman–Crippen LogP) is 0.507. The van der Waals surface area contributed by atoms with Crippen molar-refractivity contribution < 1.29 is 19.5 Å². The Balaban J connectivity index is 2.29. The van der Waals surface area contributed by atoms with Crippen LogP contribution in [0, 0.1) is 0 Å². The lowest BCUT2D eigenvalue weighted by atomic mass is 10.1. The molecule has 1 aliphatic heterocycles. The minimum absolute atomic E-state index is 0.132. The highest BCUT2D eigenvalue weighted by molar-refractivity contribution is 6.03. The zero-order valence-electron chi connectivity index (χ0n) is 11.4. The smallest absolute Gasteiger partial charge is 0.327 e. The molecule has 0 aliphatic carbocycles. The van der Waals surface area contributed by atoms with Crippen LogP contribution in [0.5, 0.6) is 0 Å². The molecular formula is C14H16N2O4. The van der Waals surface area contributed by atoms with Crippen LogP contribution >= 0.6 is 0 Å². The van der Waals surface area contributed by atoms with E-state index in [-0.39, 0.29) is 18.4 Å². The first-order chi connectivity index (χ1) is 9.41. The van der Waals surface area contributed by atoms with Crippen LogP contribution in [0.2, 0.25) is 0 Å². The fourth-order valence-electron chi connectivity index (χ4n) is 2.28. The summed E-state index contributed by atoms with van der Waals surface area (Å²) in [6.07, 6.45) is 0.293. The van der Waals surface area contributed by atoms with E-state index in [0.29, 0.717) is 12.1 Å². The van der Waals surface area contributed by atoms with Crippen LogP contribution in [0.3, 0.4) is 0 Å². The molecule has 2 amide bonds. The average molecular weight is 276 g/mol. The van der Waals surface area contributed by atoms with E-state index in [4.69, 9.17) is 0 Å². The van der Waals surface area contributed by atoms with Gasteiger partial charge in [-0.1, -0.05) is 18.2 Å². The lowest BCUT2D eigenvalue weighted by Crippen LogP contribution is -2.47. The molecular weight excluding hydrogens is 260 g/mol. The van der Waals surface area contributed by atoms with E-state index in [0.717, 1.165) is 5.56 Å². The normalized spacial score (nSPS) is 16.7. The fourth-order valence-corrected chi connectivity index (χ4v) is 2.28. The monoisotopic (exact) mass is 276 g/mol. The molecule has 0 saturated carbocycles. The van der Waals surface area contributed by atoms with Gasteiger partial charge in [0.2, 0.25) is 11.8 Å². The van der Waals surface area contributed by atoms with Gasteiger partial charge in [0.15, 0.2) is 0 Å². The Hall–Kier alpha value is -2.37. The number of carbonyl (C=O) groups is 3. The SMILES string of the molecule is CC(=O)N(C)CC(=O)N1c2ccccc2CC1C(=O)O. The number of nitrogens with zero attached hydrogens (tertiary/aromatic N) is 2. The number of aliphatic carboxylic acids is 1. The quantitative estimate of drug-likeness (QED) is 0.872. The van der Waals surface area contributed by atoms with Crippen molar-refractivity contribution in [3.63, 3.8) is 0 Å². The third-order valence-corrected chi connectivity index (χ3v) is 3.44. The van der Waals surface area contributed by atoms with Gasteiger partial charge in [-0.3, -0.25) is 14.5 Å². The number of likely N-dealkylation sites (N-methyl/N-ethyl adjacent to an activating group) is 1. The van der Waals surface area contributed by atoms with E-state index in [2.05, 4.69) is 0 Å². The number of carboxylic acid groups (broad SMARTS) is 1. The van der Waals surface area contributed by atoms with Crippen molar-refractivity contribution in [3.8, 4) is 0 Å². The predicted molar refractivity (Wildman–Crippen MR) is 72.4 cm³/mol. The molecule has 1 aromatic rings. The summed E-state index contributed by atoms with van der Waals surface area (Å²) in [5.74, 6) is -1.67. The summed E-state index contributed by atoms with van der Waals surface area (Å²) >= 11 is 0. The second-order valence-corrected chi connectivity index (χ2v) is 4.83. The molecule has 6 heteroatoms. The van der Waals surface area contributed by atoms with E-state index in [9.17, 15) is 19.5 Å². The van der Waals surface area contributed by atoms with Gasteiger partial charge < -0.3 is 10.0 Å². The number of carboxylic acids is 1. The molecule has 106 valence electrons. The van der Waals surface area contributed by atoms with Crippen LogP contribution in [0.25, 0.3) is 0 Å².